The van der Waals surface area contributed by atoms with Crippen LogP contribution in [0.5, 0.6) is 0 Å². The summed E-state index contributed by atoms with van der Waals surface area (Å²) in [5, 5.41) is 0.667. The van der Waals surface area contributed by atoms with E-state index >= 15 is 0 Å². The molecule has 1 aliphatic heterocycles. The third-order valence-corrected chi connectivity index (χ3v) is 5.66. The summed E-state index contributed by atoms with van der Waals surface area (Å²) in [5.74, 6) is -0.0397. The Hall–Kier alpha value is -2.86. The van der Waals surface area contributed by atoms with Gasteiger partial charge >= 0.3 is 0 Å². The van der Waals surface area contributed by atoms with Gasteiger partial charge in [-0.3, -0.25) is 9.59 Å². The van der Waals surface area contributed by atoms with Gasteiger partial charge in [-0.25, -0.2) is 4.98 Å². The van der Waals surface area contributed by atoms with E-state index in [0.717, 1.165) is 16.9 Å². The zero-order chi connectivity index (χ0) is 20.4. The van der Waals surface area contributed by atoms with Crippen LogP contribution in [0.4, 0.5) is 0 Å². The Kier molecular flexibility index (Phi) is 5.53. The quantitative estimate of drug-likeness (QED) is 0.647. The van der Waals surface area contributed by atoms with Crippen LogP contribution in [0.2, 0.25) is 5.02 Å². The average molecular weight is 411 g/mol. The average Bonchev–Trinajstić information content (AvgIpc) is 3.13. The molecule has 7 heteroatoms. The molecule has 0 N–H and O–H groups in total. The molecule has 2 amide bonds. The maximum Gasteiger partial charge on any atom is 0.227 e. The molecular weight excluding hydrogens is 388 g/mol. The zero-order valence-corrected chi connectivity index (χ0v) is 17.0. The van der Waals surface area contributed by atoms with Crippen LogP contribution >= 0.6 is 11.6 Å². The minimum absolute atomic E-state index is 0.0597. The molecular formula is C22H23ClN4O2. The van der Waals surface area contributed by atoms with Crippen molar-refractivity contribution in [3.8, 4) is 0 Å². The van der Waals surface area contributed by atoms with E-state index in [4.69, 9.17) is 11.6 Å². The molecule has 0 saturated carbocycles. The molecule has 6 nitrogen and oxygen atoms in total. The largest absolute Gasteiger partial charge is 0.340 e. The van der Waals surface area contributed by atoms with Gasteiger partial charge in [0.15, 0.2) is 0 Å². The first-order valence-corrected chi connectivity index (χ1v) is 10.1. The van der Waals surface area contributed by atoms with Crippen molar-refractivity contribution in [2.24, 2.45) is 5.92 Å². The lowest BCUT2D eigenvalue weighted by molar-refractivity contribution is -0.143. The summed E-state index contributed by atoms with van der Waals surface area (Å²) < 4.78 is 1.99. The van der Waals surface area contributed by atoms with E-state index < -0.39 is 0 Å². The van der Waals surface area contributed by atoms with Gasteiger partial charge in [0, 0.05) is 37.8 Å². The number of nitrogens with zero attached hydrogens (tertiary/aromatic N) is 4. The molecule has 0 unspecified atom stereocenters. The van der Waals surface area contributed by atoms with Crippen LogP contribution in [0.1, 0.15) is 24.1 Å². The Morgan fingerprint density at radius 2 is 2.03 bits per heavy atom. The summed E-state index contributed by atoms with van der Waals surface area (Å²) in [7, 11) is 1.81. The first kappa shape index (κ1) is 19.5. The van der Waals surface area contributed by atoms with Gasteiger partial charge in [-0.2, -0.15) is 0 Å². The second-order valence-corrected chi connectivity index (χ2v) is 7.95. The molecule has 0 bridgehead atoms. The second-order valence-electron chi connectivity index (χ2n) is 7.51. The van der Waals surface area contributed by atoms with E-state index in [-0.39, 0.29) is 17.7 Å². The van der Waals surface area contributed by atoms with Gasteiger partial charge in [0.1, 0.15) is 5.65 Å². The van der Waals surface area contributed by atoms with Gasteiger partial charge in [-0.15, -0.1) is 0 Å². The molecule has 1 aromatic carbocycles. The van der Waals surface area contributed by atoms with Crippen molar-refractivity contribution in [3.63, 3.8) is 0 Å². The molecule has 1 atom stereocenters. The molecule has 0 spiro atoms. The van der Waals surface area contributed by atoms with Crippen LogP contribution in [0.25, 0.3) is 5.65 Å². The smallest absolute Gasteiger partial charge is 0.227 e. The number of carbonyl (C=O) groups excluding carboxylic acids is 2. The maximum atomic E-state index is 13.1. The fourth-order valence-corrected chi connectivity index (χ4v) is 3.94. The van der Waals surface area contributed by atoms with Gasteiger partial charge in [0.25, 0.3) is 0 Å². The number of pyridine rings is 1. The van der Waals surface area contributed by atoms with Crippen molar-refractivity contribution in [3.05, 3.63) is 71.1 Å². The molecule has 29 heavy (non-hydrogen) atoms. The monoisotopic (exact) mass is 410 g/mol. The van der Waals surface area contributed by atoms with Crippen molar-refractivity contribution in [2.45, 2.75) is 25.9 Å². The fraction of sp³-hybridized carbons (Fsp3) is 0.318. The molecule has 150 valence electrons. The Bertz CT molecular complexity index is 1030. The Labute approximate surface area is 174 Å². The summed E-state index contributed by atoms with van der Waals surface area (Å²) in [6.45, 7) is 1.42. The van der Waals surface area contributed by atoms with Crippen LogP contribution in [0, 0.1) is 5.92 Å². The summed E-state index contributed by atoms with van der Waals surface area (Å²) >= 11 is 5.94. The predicted molar refractivity (Wildman–Crippen MR) is 111 cm³/mol. The fourth-order valence-electron chi connectivity index (χ4n) is 3.81. The third kappa shape index (κ3) is 4.27. The van der Waals surface area contributed by atoms with Crippen molar-refractivity contribution < 1.29 is 9.59 Å². The molecule has 4 rings (SSSR count). The zero-order valence-electron chi connectivity index (χ0n) is 16.3. The van der Waals surface area contributed by atoms with Crippen LogP contribution in [0.15, 0.2) is 54.9 Å². The minimum atomic E-state index is -0.191. The number of hydrogen-bond donors (Lipinski definition) is 0. The van der Waals surface area contributed by atoms with E-state index in [9.17, 15) is 9.59 Å². The maximum absolute atomic E-state index is 13.1. The lowest BCUT2D eigenvalue weighted by atomic mass is 9.95. The van der Waals surface area contributed by atoms with E-state index in [0.29, 0.717) is 37.5 Å². The van der Waals surface area contributed by atoms with Gasteiger partial charge < -0.3 is 14.2 Å². The minimum Gasteiger partial charge on any atom is -0.340 e. The van der Waals surface area contributed by atoms with Crippen LogP contribution in [-0.2, 0) is 22.7 Å². The SMILES string of the molecule is CN(Cc1cnc2ccccn12)C(=O)[C@@H]1CCC(=O)N(Cc2ccc(Cl)cc2)C1. The molecule has 3 heterocycles. The number of imidazole rings is 1. The molecule has 0 aliphatic carbocycles. The van der Waals surface area contributed by atoms with Crippen LogP contribution in [0.3, 0.4) is 0 Å². The highest BCUT2D eigenvalue weighted by Gasteiger charge is 2.32. The highest BCUT2D eigenvalue weighted by atomic mass is 35.5. The molecule has 1 aliphatic rings. The first-order chi connectivity index (χ1) is 14.0. The summed E-state index contributed by atoms with van der Waals surface area (Å²) in [5.41, 5.74) is 2.83. The predicted octanol–water partition coefficient (Wildman–Crippen LogP) is 3.38. The van der Waals surface area contributed by atoms with Crippen molar-refractivity contribution >= 4 is 29.1 Å². The second kappa shape index (κ2) is 8.25. The number of halogens is 1. The van der Waals surface area contributed by atoms with Crippen molar-refractivity contribution in [1.29, 1.82) is 0 Å². The molecule has 3 aromatic rings. The number of carbonyl (C=O) groups is 2. The molecule has 0 radical (unpaired) electrons. The Balaban J connectivity index is 1.42. The summed E-state index contributed by atoms with van der Waals surface area (Å²) in [4.78, 5) is 33.3. The number of aromatic nitrogens is 2. The highest BCUT2D eigenvalue weighted by molar-refractivity contribution is 6.30. The summed E-state index contributed by atoms with van der Waals surface area (Å²) in [6.07, 6.45) is 4.74. The van der Waals surface area contributed by atoms with Gasteiger partial charge in [0.2, 0.25) is 11.8 Å². The van der Waals surface area contributed by atoms with Crippen molar-refractivity contribution in [2.75, 3.05) is 13.6 Å². The third-order valence-electron chi connectivity index (χ3n) is 5.41. The van der Waals surface area contributed by atoms with E-state index in [2.05, 4.69) is 4.98 Å². The van der Waals surface area contributed by atoms with Gasteiger partial charge in [0.05, 0.1) is 24.4 Å². The lowest BCUT2D eigenvalue weighted by Crippen LogP contribution is -2.45. The summed E-state index contributed by atoms with van der Waals surface area (Å²) in [6, 6.07) is 13.3. The van der Waals surface area contributed by atoms with Crippen LogP contribution < -0.4 is 0 Å². The first-order valence-electron chi connectivity index (χ1n) is 9.69. The number of hydrogen-bond acceptors (Lipinski definition) is 3. The van der Waals surface area contributed by atoms with E-state index in [1.165, 1.54) is 0 Å². The lowest BCUT2D eigenvalue weighted by Gasteiger charge is -2.34. The number of fused-ring (bicyclic) bond motifs is 1. The molecule has 1 fully saturated rings. The number of rotatable bonds is 5. The van der Waals surface area contributed by atoms with Crippen molar-refractivity contribution in [1.82, 2.24) is 19.2 Å². The standard InChI is InChI=1S/C22H23ClN4O2/c1-25(15-19-12-24-20-4-2-3-11-27(19)20)22(29)17-7-10-21(28)26(14-17)13-16-5-8-18(23)9-6-16/h2-6,8-9,11-12,17H,7,10,13-15H2,1H3/t17-/m1/s1. The number of amides is 2. The number of likely N-dealkylation sites (tertiary alicyclic amines) is 1. The van der Waals surface area contributed by atoms with Gasteiger partial charge in [-0.1, -0.05) is 29.8 Å². The van der Waals surface area contributed by atoms with E-state index in [1.807, 2.05) is 60.1 Å². The molecule has 2 aromatic heterocycles. The number of benzene rings is 1. The Morgan fingerprint density at radius 1 is 1.24 bits per heavy atom. The van der Waals surface area contributed by atoms with Crippen LogP contribution in [-0.4, -0.2) is 44.6 Å². The molecule has 1 saturated heterocycles. The number of piperidine rings is 1. The van der Waals surface area contributed by atoms with Gasteiger partial charge in [-0.05, 0) is 36.2 Å². The topological polar surface area (TPSA) is 57.9 Å². The van der Waals surface area contributed by atoms with E-state index in [1.54, 1.807) is 16.0 Å². The Morgan fingerprint density at radius 3 is 2.83 bits per heavy atom. The highest BCUT2D eigenvalue weighted by Crippen LogP contribution is 2.23. The normalized spacial score (nSPS) is 17.0.